The van der Waals surface area contributed by atoms with Crippen molar-refractivity contribution >= 4 is 39.1 Å². The summed E-state index contributed by atoms with van der Waals surface area (Å²) < 4.78 is 39.0. The van der Waals surface area contributed by atoms with Crippen LogP contribution in [0.5, 0.6) is 0 Å². The van der Waals surface area contributed by atoms with Gasteiger partial charge < -0.3 is 21.5 Å². The lowest BCUT2D eigenvalue weighted by Gasteiger charge is -2.20. The quantitative estimate of drug-likeness (QED) is 0.437. The number of aliphatic hydroxyl groups is 1. The van der Waals surface area contributed by atoms with E-state index in [2.05, 4.69) is 25.6 Å². The number of aromatic nitrogens is 3. The molecular formula is C20H21F3N6O2S. The number of Topliss-reactive ketones (excluding diaryl/α,β-unsaturated/α-hetero) is 1. The van der Waals surface area contributed by atoms with Gasteiger partial charge in [-0.25, -0.2) is 9.97 Å². The molecule has 2 aromatic heterocycles. The predicted octanol–water partition coefficient (Wildman–Crippen LogP) is 2.73. The molecule has 2 heterocycles. The monoisotopic (exact) mass is 466 g/mol. The molecule has 0 amide bonds. The number of nitrogens with one attached hydrogen (secondary N) is 2. The second kappa shape index (κ2) is 8.60. The Morgan fingerprint density at radius 1 is 1.25 bits per heavy atom. The number of carbonyl (C=O) groups excluding carboxylic acids is 1. The number of anilines is 2. The third-order valence-electron chi connectivity index (χ3n) is 5.29. The third kappa shape index (κ3) is 4.52. The molecule has 1 saturated carbocycles. The SMILES string of the molecule is Cc1nc(NCC(F)(F)F)nc(NC2CC(CO)C(=O)C2N)c1-c1nc2ccccc2s1. The zero-order valence-corrected chi connectivity index (χ0v) is 17.8. The summed E-state index contributed by atoms with van der Waals surface area (Å²) in [5.74, 6) is -0.844. The number of carbonyl (C=O) groups is 1. The minimum atomic E-state index is -4.44. The first-order chi connectivity index (χ1) is 15.2. The van der Waals surface area contributed by atoms with Gasteiger partial charge in [0.2, 0.25) is 5.95 Å². The summed E-state index contributed by atoms with van der Waals surface area (Å²) in [5, 5.41) is 15.3. The van der Waals surface area contributed by atoms with Gasteiger partial charge in [0.05, 0.1) is 40.2 Å². The lowest BCUT2D eigenvalue weighted by molar-refractivity contribution is -0.122. The van der Waals surface area contributed by atoms with Gasteiger partial charge in [0.1, 0.15) is 17.4 Å². The number of hydrogen-bond acceptors (Lipinski definition) is 9. The van der Waals surface area contributed by atoms with Gasteiger partial charge in [-0.15, -0.1) is 11.3 Å². The van der Waals surface area contributed by atoms with Crippen LogP contribution >= 0.6 is 11.3 Å². The van der Waals surface area contributed by atoms with Crippen molar-refractivity contribution < 1.29 is 23.1 Å². The molecule has 8 nitrogen and oxygen atoms in total. The van der Waals surface area contributed by atoms with Gasteiger partial charge in [0, 0.05) is 5.92 Å². The number of halogens is 3. The van der Waals surface area contributed by atoms with Crippen LogP contribution < -0.4 is 16.4 Å². The van der Waals surface area contributed by atoms with Gasteiger partial charge in [-0.3, -0.25) is 4.79 Å². The van der Waals surface area contributed by atoms with E-state index < -0.39 is 30.7 Å². The molecule has 1 fully saturated rings. The van der Waals surface area contributed by atoms with E-state index in [1.807, 2.05) is 24.3 Å². The number of alkyl halides is 3. The van der Waals surface area contributed by atoms with Crippen LogP contribution in [0.3, 0.4) is 0 Å². The Labute approximate surface area is 185 Å². The van der Waals surface area contributed by atoms with E-state index in [1.54, 1.807) is 6.92 Å². The van der Waals surface area contributed by atoms with Crippen molar-refractivity contribution in [2.75, 3.05) is 23.8 Å². The van der Waals surface area contributed by atoms with Crippen LogP contribution in [0.25, 0.3) is 20.8 Å². The second-order valence-electron chi connectivity index (χ2n) is 7.61. The highest BCUT2D eigenvalue weighted by molar-refractivity contribution is 7.21. The van der Waals surface area contributed by atoms with Crippen LogP contribution in [-0.4, -0.2) is 57.3 Å². The zero-order chi connectivity index (χ0) is 23.0. The Hall–Kier alpha value is -2.83. The zero-order valence-electron chi connectivity index (χ0n) is 17.0. The van der Waals surface area contributed by atoms with E-state index in [4.69, 9.17) is 5.73 Å². The number of hydrogen-bond donors (Lipinski definition) is 4. The number of thiazole rings is 1. The molecule has 0 saturated heterocycles. The molecule has 4 rings (SSSR count). The van der Waals surface area contributed by atoms with Crippen molar-refractivity contribution in [1.82, 2.24) is 15.0 Å². The van der Waals surface area contributed by atoms with Gasteiger partial charge in [-0.2, -0.15) is 18.2 Å². The van der Waals surface area contributed by atoms with Crippen LogP contribution in [0.4, 0.5) is 24.9 Å². The molecule has 32 heavy (non-hydrogen) atoms. The summed E-state index contributed by atoms with van der Waals surface area (Å²) in [6.07, 6.45) is -4.16. The predicted molar refractivity (Wildman–Crippen MR) is 116 cm³/mol. The van der Waals surface area contributed by atoms with E-state index in [1.165, 1.54) is 11.3 Å². The molecule has 0 aliphatic heterocycles. The number of para-hydroxylation sites is 1. The van der Waals surface area contributed by atoms with Crippen molar-refractivity contribution in [3.8, 4) is 10.6 Å². The Morgan fingerprint density at radius 2 is 2.00 bits per heavy atom. The highest BCUT2D eigenvalue weighted by atomic mass is 32.1. The molecule has 5 N–H and O–H groups in total. The molecule has 1 aromatic carbocycles. The average molecular weight is 466 g/mol. The molecule has 3 atom stereocenters. The molecule has 12 heteroatoms. The largest absolute Gasteiger partial charge is 0.405 e. The van der Waals surface area contributed by atoms with Crippen molar-refractivity contribution in [3.05, 3.63) is 30.0 Å². The third-order valence-corrected chi connectivity index (χ3v) is 6.34. The lowest BCUT2D eigenvalue weighted by Crippen LogP contribution is -2.40. The molecule has 1 aliphatic carbocycles. The van der Waals surface area contributed by atoms with Crippen LogP contribution in [0.2, 0.25) is 0 Å². The van der Waals surface area contributed by atoms with E-state index in [-0.39, 0.29) is 30.6 Å². The Balaban J connectivity index is 1.75. The molecule has 0 spiro atoms. The maximum absolute atomic E-state index is 12.7. The minimum absolute atomic E-state index is 0.205. The minimum Gasteiger partial charge on any atom is -0.396 e. The second-order valence-corrected chi connectivity index (χ2v) is 8.64. The summed E-state index contributed by atoms with van der Waals surface area (Å²) in [6.45, 7) is 0.0420. The van der Waals surface area contributed by atoms with Crippen molar-refractivity contribution in [2.24, 2.45) is 11.7 Å². The number of aliphatic hydroxyl groups excluding tert-OH is 1. The number of nitrogens with zero attached hydrogens (tertiary/aromatic N) is 3. The number of ketones is 1. The van der Waals surface area contributed by atoms with Crippen LogP contribution in [0, 0.1) is 12.8 Å². The summed E-state index contributed by atoms with van der Waals surface area (Å²) in [4.78, 5) is 25.3. The molecular weight excluding hydrogens is 445 g/mol. The van der Waals surface area contributed by atoms with Gasteiger partial charge in [-0.1, -0.05) is 12.1 Å². The molecule has 3 unspecified atom stereocenters. The summed E-state index contributed by atoms with van der Waals surface area (Å²) >= 11 is 1.40. The average Bonchev–Trinajstić information content (AvgIpc) is 3.27. The van der Waals surface area contributed by atoms with Crippen molar-refractivity contribution in [3.63, 3.8) is 0 Å². The molecule has 0 bridgehead atoms. The smallest absolute Gasteiger partial charge is 0.396 e. The fraction of sp³-hybridized carbons (Fsp3) is 0.400. The maximum atomic E-state index is 12.7. The molecule has 3 aromatic rings. The number of fused-ring (bicyclic) bond motifs is 1. The van der Waals surface area contributed by atoms with Crippen LogP contribution in [0.15, 0.2) is 24.3 Å². The fourth-order valence-corrected chi connectivity index (χ4v) is 4.76. The Morgan fingerprint density at radius 3 is 2.66 bits per heavy atom. The first-order valence-electron chi connectivity index (χ1n) is 9.88. The van der Waals surface area contributed by atoms with Gasteiger partial charge >= 0.3 is 6.18 Å². The lowest BCUT2D eigenvalue weighted by atomic mass is 10.1. The van der Waals surface area contributed by atoms with Crippen molar-refractivity contribution in [2.45, 2.75) is 31.6 Å². The van der Waals surface area contributed by atoms with Crippen molar-refractivity contribution in [1.29, 1.82) is 0 Å². The van der Waals surface area contributed by atoms with Gasteiger partial charge in [-0.05, 0) is 25.5 Å². The number of rotatable bonds is 6. The fourth-order valence-electron chi connectivity index (χ4n) is 3.70. The summed E-state index contributed by atoms with van der Waals surface area (Å²) in [5.41, 5.74) is 7.75. The first-order valence-corrected chi connectivity index (χ1v) is 10.7. The van der Waals surface area contributed by atoms with E-state index >= 15 is 0 Å². The van der Waals surface area contributed by atoms with E-state index in [9.17, 15) is 23.1 Å². The van der Waals surface area contributed by atoms with E-state index in [0.717, 1.165) is 10.2 Å². The molecule has 1 aliphatic rings. The highest BCUT2D eigenvalue weighted by Gasteiger charge is 2.40. The number of benzene rings is 1. The van der Waals surface area contributed by atoms with Crippen LogP contribution in [-0.2, 0) is 4.79 Å². The summed E-state index contributed by atoms with van der Waals surface area (Å²) in [6, 6.07) is 6.09. The Bertz CT molecular complexity index is 1120. The maximum Gasteiger partial charge on any atom is 0.405 e. The van der Waals surface area contributed by atoms with Crippen LogP contribution in [0.1, 0.15) is 12.1 Å². The molecule has 170 valence electrons. The number of nitrogens with two attached hydrogens (primary N) is 1. The molecule has 0 radical (unpaired) electrons. The number of aryl methyl sites for hydroxylation is 1. The van der Waals surface area contributed by atoms with Gasteiger partial charge in [0.25, 0.3) is 0 Å². The standard InChI is InChI=1S/C20H21F3N6O2S/c1-9-14(18-28-11-4-2-3-5-13(11)32-18)17(29-19(26-9)25-8-20(21,22)23)27-12-6-10(7-30)16(31)15(12)24/h2-5,10,12,15,30H,6-8,24H2,1H3,(H2,25,26,27,29). The topological polar surface area (TPSA) is 126 Å². The summed E-state index contributed by atoms with van der Waals surface area (Å²) in [7, 11) is 0. The normalized spacial score (nSPS) is 21.3. The highest BCUT2D eigenvalue weighted by Crippen LogP contribution is 2.37. The first kappa shape index (κ1) is 22.4. The Kier molecular flexibility index (Phi) is 6.01. The van der Waals surface area contributed by atoms with E-state index in [0.29, 0.717) is 16.3 Å². The van der Waals surface area contributed by atoms with Gasteiger partial charge in [0.15, 0.2) is 5.78 Å².